The third-order valence-corrected chi connectivity index (χ3v) is 4.56. The summed E-state index contributed by atoms with van der Waals surface area (Å²) in [4.78, 5) is 12.2. The van der Waals surface area contributed by atoms with Crippen molar-refractivity contribution >= 4 is 11.6 Å². The molecule has 1 unspecified atom stereocenters. The minimum atomic E-state index is 0.0417. The molecule has 4 rings (SSSR count). The number of benzene rings is 2. The number of fused-ring (bicyclic) bond motifs is 2. The first-order valence-corrected chi connectivity index (χ1v) is 7.92. The van der Waals surface area contributed by atoms with Crippen LogP contribution in [0.2, 0.25) is 0 Å². The minimum absolute atomic E-state index is 0.0417. The van der Waals surface area contributed by atoms with E-state index >= 15 is 0 Å². The van der Waals surface area contributed by atoms with Crippen LogP contribution in [0, 0.1) is 13.8 Å². The standard InChI is InChI=1S/C19H19NO3/c1-11-3-4-12(2)13(7-11)14-9-19(21)20-16-10-18-17(8-15(14)16)22-5-6-23-18/h3-4,7-8,10,14H,5-6,9H2,1-2H3,(H,20,21). The van der Waals surface area contributed by atoms with E-state index in [-0.39, 0.29) is 11.8 Å². The maximum atomic E-state index is 12.2. The Hall–Kier alpha value is -2.49. The molecule has 1 N–H and O–H groups in total. The zero-order valence-corrected chi connectivity index (χ0v) is 13.3. The lowest BCUT2D eigenvalue weighted by atomic mass is 9.82. The molecule has 0 spiro atoms. The van der Waals surface area contributed by atoms with Crippen LogP contribution in [0.25, 0.3) is 0 Å². The molecule has 2 aromatic rings. The monoisotopic (exact) mass is 309 g/mol. The zero-order valence-electron chi connectivity index (χ0n) is 13.3. The smallest absolute Gasteiger partial charge is 0.225 e. The van der Waals surface area contributed by atoms with Crippen molar-refractivity contribution in [1.29, 1.82) is 0 Å². The normalized spacial score (nSPS) is 19.0. The molecule has 0 radical (unpaired) electrons. The topological polar surface area (TPSA) is 47.6 Å². The molecule has 0 fully saturated rings. The lowest BCUT2D eigenvalue weighted by molar-refractivity contribution is -0.116. The van der Waals surface area contributed by atoms with Gasteiger partial charge in [0.2, 0.25) is 5.91 Å². The average Bonchev–Trinajstić information content (AvgIpc) is 2.54. The summed E-state index contributed by atoms with van der Waals surface area (Å²) < 4.78 is 11.3. The molecule has 0 aromatic heterocycles. The van der Waals surface area contributed by atoms with Crippen molar-refractivity contribution in [1.82, 2.24) is 0 Å². The Balaban J connectivity index is 1.87. The van der Waals surface area contributed by atoms with Crippen molar-refractivity contribution < 1.29 is 14.3 Å². The molecule has 4 nitrogen and oxygen atoms in total. The van der Waals surface area contributed by atoms with Gasteiger partial charge in [-0.2, -0.15) is 0 Å². The van der Waals surface area contributed by atoms with Crippen LogP contribution in [-0.4, -0.2) is 19.1 Å². The SMILES string of the molecule is Cc1ccc(C)c(C2CC(=O)Nc3cc4c(cc32)OCCO4)c1. The molecule has 2 aliphatic rings. The third-order valence-electron chi connectivity index (χ3n) is 4.56. The highest BCUT2D eigenvalue weighted by Gasteiger charge is 2.30. The molecule has 2 aliphatic heterocycles. The maximum Gasteiger partial charge on any atom is 0.225 e. The molecular weight excluding hydrogens is 290 g/mol. The Morgan fingerprint density at radius 3 is 2.52 bits per heavy atom. The fraction of sp³-hybridized carbons (Fsp3) is 0.316. The van der Waals surface area contributed by atoms with Crippen LogP contribution in [-0.2, 0) is 4.79 Å². The highest BCUT2D eigenvalue weighted by molar-refractivity contribution is 5.96. The van der Waals surface area contributed by atoms with Gasteiger partial charge in [-0.05, 0) is 36.6 Å². The number of aryl methyl sites for hydroxylation is 2. The molecule has 23 heavy (non-hydrogen) atoms. The van der Waals surface area contributed by atoms with Gasteiger partial charge in [0.15, 0.2) is 11.5 Å². The van der Waals surface area contributed by atoms with Crippen molar-refractivity contribution in [2.75, 3.05) is 18.5 Å². The number of hydrogen-bond donors (Lipinski definition) is 1. The first-order chi connectivity index (χ1) is 11.1. The Labute approximate surface area is 135 Å². The van der Waals surface area contributed by atoms with E-state index in [4.69, 9.17) is 9.47 Å². The van der Waals surface area contributed by atoms with Crippen LogP contribution in [0.3, 0.4) is 0 Å². The van der Waals surface area contributed by atoms with Gasteiger partial charge in [0.1, 0.15) is 13.2 Å². The van der Waals surface area contributed by atoms with Crippen LogP contribution in [0.15, 0.2) is 30.3 Å². The molecule has 2 heterocycles. The van der Waals surface area contributed by atoms with Crippen molar-refractivity contribution in [2.45, 2.75) is 26.2 Å². The Morgan fingerprint density at radius 2 is 1.74 bits per heavy atom. The molecule has 118 valence electrons. The predicted octanol–water partition coefficient (Wildman–Crippen LogP) is 3.55. The van der Waals surface area contributed by atoms with Gasteiger partial charge >= 0.3 is 0 Å². The summed E-state index contributed by atoms with van der Waals surface area (Å²) >= 11 is 0. The molecule has 0 saturated carbocycles. The van der Waals surface area contributed by atoms with Crippen molar-refractivity contribution in [3.05, 3.63) is 52.6 Å². The highest BCUT2D eigenvalue weighted by atomic mass is 16.6. The van der Waals surface area contributed by atoms with E-state index in [2.05, 4.69) is 37.4 Å². The van der Waals surface area contributed by atoms with E-state index in [1.165, 1.54) is 16.7 Å². The van der Waals surface area contributed by atoms with Gasteiger partial charge in [0.25, 0.3) is 0 Å². The van der Waals surface area contributed by atoms with Crippen LogP contribution in [0.4, 0.5) is 5.69 Å². The van der Waals surface area contributed by atoms with E-state index in [9.17, 15) is 4.79 Å². The number of anilines is 1. The predicted molar refractivity (Wildman–Crippen MR) is 88.4 cm³/mol. The number of amides is 1. The van der Waals surface area contributed by atoms with E-state index in [0.717, 1.165) is 17.0 Å². The zero-order chi connectivity index (χ0) is 16.0. The van der Waals surface area contributed by atoms with Gasteiger partial charge in [-0.1, -0.05) is 23.8 Å². The van der Waals surface area contributed by atoms with Gasteiger partial charge in [-0.3, -0.25) is 4.79 Å². The highest BCUT2D eigenvalue weighted by Crippen LogP contribution is 2.44. The first-order valence-electron chi connectivity index (χ1n) is 7.92. The largest absolute Gasteiger partial charge is 0.486 e. The van der Waals surface area contributed by atoms with E-state index in [1.54, 1.807) is 0 Å². The Kier molecular flexibility index (Phi) is 3.26. The third kappa shape index (κ3) is 2.44. The van der Waals surface area contributed by atoms with Gasteiger partial charge < -0.3 is 14.8 Å². The molecule has 2 aromatic carbocycles. The van der Waals surface area contributed by atoms with Gasteiger partial charge in [0, 0.05) is 24.1 Å². The number of rotatable bonds is 1. The number of hydrogen-bond acceptors (Lipinski definition) is 3. The van der Waals surface area contributed by atoms with Crippen molar-refractivity contribution in [2.24, 2.45) is 0 Å². The number of carbonyl (C=O) groups excluding carboxylic acids is 1. The Bertz CT molecular complexity index is 797. The number of nitrogens with one attached hydrogen (secondary N) is 1. The summed E-state index contributed by atoms with van der Waals surface area (Å²) in [6.45, 7) is 5.28. The molecule has 0 saturated heterocycles. The molecule has 0 bridgehead atoms. The maximum absolute atomic E-state index is 12.2. The molecule has 1 atom stereocenters. The van der Waals surface area contributed by atoms with Gasteiger partial charge in [0.05, 0.1) is 0 Å². The van der Waals surface area contributed by atoms with Crippen molar-refractivity contribution in [3.63, 3.8) is 0 Å². The second-order valence-electron chi connectivity index (χ2n) is 6.25. The second kappa shape index (κ2) is 5.30. The number of carbonyl (C=O) groups is 1. The van der Waals surface area contributed by atoms with Crippen LogP contribution >= 0.6 is 0 Å². The summed E-state index contributed by atoms with van der Waals surface area (Å²) in [6.07, 6.45) is 0.455. The molecule has 4 heteroatoms. The fourth-order valence-electron chi connectivity index (χ4n) is 3.41. The summed E-state index contributed by atoms with van der Waals surface area (Å²) in [7, 11) is 0. The minimum Gasteiger partial charge on any atom is -0.486 e. The summed E-state index contributed by atoms with van der Waals surface area (Å²) in [5.74, 6) is 1.56. The van der Waals surface area contributed by atoms with Crippen LogP contribution in [0.1, 0.15) is 34.6 Å². The summed E-state index contributed by atoms with van der Waals surface area (Å²) in [5, 5.41) is 2.97. The van der Waals surface area contributed by atoms with Crippen LogP contribution in [0.5, 0.6) is 11.5 Å². The van der Waals surface area contributed by atoms with Crippen molar-refractivity contribution in [3.8, 4) is 11.5 Å². The molecular formula is C19H19NO3. The second-order valence-corrected chi connectivity index (χ2v) is 6.25. The lowest BCUT2D eigenvalue weighted by Gasteiger charge is -2.29. The van der Waals surface area contributed by atoms with Gasteiger partial charge in [-0.15, -0.1) is 0 Å². The summed E-state index contributed by atoms with van der Waals surface area (Å²) in [5.41, 5.74) is 5.54. The summed E-state index contributed by atoms with van der Waals surface area (Å²) in [6, 6.07) is 10.3. The average molecular weight is 309 g/mol. The lowest BCUT2D eigenvalue weighted by Crippen LogP contribution is -2.25. The Morgan fingerprint density at radius 1 is 1.00 bits per heavy atom. The molecule has 1 amide bonds. The van der Waals surface area contributed by atoms with E-state index in [1.807, 2.05) is 12.1 Å². The molecule has 0 aliphatic carbocycles. The fourth-order valence-corrected chi connectivity index (χ4v) is 3.41. The first kappa shape index (κ1) is 14.1. The van der Waals surface area contributed by atoms with Crippen LogP contribution < -0.4 is 14.8 Å². The van der Waals surface area contributed by atoms with E-state index in [0.29, 0.717) is 25.4 Å². The van der Waals surface area contributed by atoms with Gasteiger partial charge in [-0.25, -0.2) is 0 Å². The number of ether oxygens (including phenoxy) is 2. The quantitative estimate of drug-likeness (QED) is 0.876. The van der Waals surface area contributed by atoms with E-state index < -0.39 is 0 Å².